The molecule has 1 heterocycles. The van der Waals surface area contributed by atoms with Gasteiger partial charge in [0.05, 0.1) is 17.4 Å². The van der Waals surface area contributed by atoms with Crippen LogP contribution in [0.2, 0.25) is 0 Å². The van der Waals surface area contributed by atoms with E-state index >= 15 is 0 Å². The third-order valence-corrected chi connectivity index (χ3v) is 5.73. The Morgan fingerprint density at radius 1 is 1.09 bits per heavy atom. The first-order valence-electron chi connectivity index (χ1n) is 9.78. The third kappa shape index (κ3) is 3.97. The molecule has 0 fully saturated rings. The van der Waals surface area contributed by atoms with Crippen LogP contribution in [0.5, 0.6) is 0 Å². The lowest BCUT2D eigenvalue weighted by Crippen LogP contribution is -2.42. The van der Waals surface area contributed by atoms with Crippen molar-refractivity contribution in [2.75, 3.05) is 13.9 Å². The monoisotopic (exact) mass is 459 g/mol. The summed E-state index contributed by atoms with van der Waals surface area (Å²) >= 11 is 0. The predicted molar refractivity (Wildman–Crippen MR) is 102 cm³/mol. The van der Waals surface area contributed by atoms with Gasteiger partial charge in [-0.2, -0.15) is 26.3 Å². The van der Waals surface area contributed by atoms with Crippen molar-refractivity contribution in [3.8, 4) is 0 Å². The van der Waals surface area contributed by atoms with E-state index in [0.717, 1.165) is 23.3 Å². The van der Waals surface area contributed by atoms with E-state index in [9.17, 15) is 26.3 Å². The van der Waals surface area contributed by atoms with Crippen molar-refractivity contribution in [2.24, 2.45) is 5.16 Å². The van der Waals surface area contributed by atoms with E-state index in [1.165, 1.54) is 7.11 Å². The first kappa shape index (κ1) is 22.6. The minimum absolute atomic E-state index is 0.0174. The maximum atomic E-state index is 14.1. The highest BCUT2D eigenvalue weighted by molar-refractivity contribution is 6.02. The van der Waals surface area contributed by atoms with Gasteiger partial charge < -0.3 is 14.3 Å². The Morgan fingerprint density at radius 2 is 1.88 bits per heavy atom. The van der Waals surface area contributed by atoms with Crippen LogP contribution in [0.25, 0.3) is 0 Å². The summed E-state index contributed by atoms with van der Waals surface area (Å²) < 4.78 is 92.1. The standard InChI is InChI=1S/C22H19F6NO3/c1-30-12-31-19-8-6-13-9-14(5-7-17(13)19)18-11-20(32-29-18,22(26,27)28)15-3-2-4-16(10-15)21(23,24)25/h2-5,7,9-10,19H,6,8,11-12H2,1H3. The number of hydrogen-bond acceptors (Lipinski definition) is 4. The van der Waals surface area contributed by atoms with Crippen LogP contribution in [0.15, 0.2) is 47.6 Å². The van der Waals surface area contributed by atoms with E-state index in [1.807, 2.05) is 0 Å². The molecule has 2 aromatic carbocycles. The maximum Gasteiger partial charge on any atom is 0.435 e. The average molecular weight is 459 g/mol. The van der Waals surface area contributed by atoms with Gasteiger partial charge in [0.2, 0.25) is 0 Å². The van der Waals surface area contributed by atoms with Crippen LogP contribution >= 0.6 is 0 Å². The lowest BCUT2D eigenvalue weighted by molar-refractivity contribution is -0.276. The van der Waals surface area contributed by atoms with Crippen LogP contribution in [-0.2, 0) is 32.5 Å². The number of nitrogens with zero attached hydrogens (tertiary/aromatic N) is 1. The fraction of sp³-hybridized carbons (Fsp3) is 0.409. The molecule has 2 atom stereocenters. The van der Waals surface area contributed by atoms with Gasteiger partial charge in [0.15, 0.2) is 0 Å². The number of rotatable bonds is 5. The highest BCUT2D eigenvalue weighted by Crippen LogP contribution is 2.49. The van der Waals surface area contributed by atoms with Gasteiger partial charge in [0.25, 0.3) is 5.60 Å². The Morgan fingerprint density at radius 3 is 2.56 bits per heavy atom. The Bertz CT molecular complexity index is 1030. The Balaban J connectivity index is 1.64. The molecule has 1 aliphatic carbocycles. The fourth-order valence-corrected chi connectivity index (χ4v) is 4.09. The van der Waals surface area contributed by atoms with Crippen molar-refractivity contribution in [3.63, 3.8) is 0 Å². The highest BCUT2D eigenvalue weighted by atomic mass is 19.4. The summed E-state index contributed by atoms with van der Waals surface area (Å²) in [5.41, 5.74) is -2.55. The molecule has 0 aromatic heterocycles. The van der Waals surface area contributed by atoms with E-state index in [-0.39, 0.29) is 18.6 Å². The second-order valence-corrected chi connectivity index (χ2v) is 7.72. The molecule has 10 heteroatoms. The Kier molecular flexibility index (Phi) is 5.70. The minimum Gasteiger partial charge on any atom is -0.374 e. The molecule has 1 aliphatic heterocycles. The number of hydrogen-bond donors (Lipinski definition) is 0. The molecule has 32 heavy (non-hydrogen) atoms. The van der Waals surface area contributed by atoms with Gasteiger partial charge >= 0.3 is 12.4 Å². The first-order valence-corrected chi connectivity index (χ1v) is 9.78. The van der Waals surface area contributed by atoms with Gasteiger partial charge in [-0.15, -0.1) is 0 Å². The number of oxime groups is 1. The van der Waals surface area contributed by atoms with Crippen LogP contribution in [0.4, 0.5) is 26.3 Å². The Hall–Kier alpha value is -2.59. The molecule has 0 radical (unpaired) electrons. The molecule has 172 valence electrons. The van der Waals surface area contributed by atoms with Crippen molar-refractivity contribution < 1.29 is 40.7 Å². The SMILES string of the molecule is COCOC1CCc2cc(C3=NOC(c4cccc(C(F)(F)F)c4)(C(F)(F)F)C3)ccc21. The van der Waals surface area contributed by atoms with Crippen molar-refractivity contribution in [1.82, 2.24) is 0 Å². The number of aryl methyl sites for hydroxylation is 1. The molecule has 0 saturated heterocycles. The smallest absolute Gasteiger partial charge is 0.374 e. The van der Waals surface area contributed by atoms with E-state index in [0.29, 0.717) is 30.5 Å². The van der Waals surface area contributed by atoms with E-state index in [2.05, 4.69) is 5.16 Å². The second-order valence-electron chi connectivity index (χ2n) is 7.72. The van der Waals surface area contributed by atoms with Crippen LogP contribution in [-0.4, -0.2) is 25.8 Å². The zero-order chi connectivity index (χ0) is 23.1. The molecular formula is C22H19F6NO3. The largest absolute Gasteiger partial charge is 0.435 e. The second kappa shape index (κ2) is 8.08. The fourth-order valence-electron chi connectivity index (χ4n) is 4.09. The molecule has 2 unspecified atom stereocenters. The van der Waals surface area contributed by atoms with Crippen LogP contribution in [0.3, 0.4) is 0 Å². The molecule has 0 amide bonds. The summed E-state index contributed by atoms with van der Waals surface area (Å²) in [7, 11) is 1.51. The van der Waals surface area contributed by atoms with Gasteiger partial charge in [0, 0.05) is 19.1 Å². The zero-order valence-electron chi connectivity index (χ0n) is 16.9. The lowest BCUT2D eigenvalue weighted by atomic mass is 9.85. The third-order valence-electron chi connectivity index (χ3n) is 5.73. The summed E-state index contributed by atoms with van der Waals surface area (Å²) in [4.78, 5) is 4.87. The van der Waals surface area contributed by atoms with Crippen molar-refractivity contribution >= 4 is 5.71 Å². The normalized spacial score (nSPS) is 23.1. The molecule has 2 aromatic rings. The average Bonchev–Trinajstić information content (AvgIpc) is 3.36. The number of methoxy groups -OCH3 is 1. The zero-order valence-corrected chi connectivity index (χ0v) is 16.9. The van der Waals surface area contributed by atoms with E-state index in [4.69, 9.17) is 14.3 Å². The number of ether oxygens (including phenoxy) is 2. The van der Waals surface area contributed by atoms with E-state index in [1.54, 1.807) is 18.2 Å². The summed E-state index contributed by atoms with van der Waals surface area (Å²) in [6, 6.07) is 8.20. The Labute approximate surface area is 179 Å². The summed E-state index contributed by atoms with van der Waals surface area (Å²) in [5.74, 6) is 0. The molecule has 0 bridgehead atoms. The van der Waals surface area contributed by atoms with Gasteiger partial charge in [-0.25, -0.2) is 0 Å². The van der Waals surface area contributed by atoms with Gasteiger partial charge in [0.1, 0.15) is 6.79 Å². The molecule has 4 rings (SSSR count). The first-order chi connectivity index (χ1) is 15.0. The summed E-state index contributed by atoms with van der Waals surface area (Å²) in [6.07, 6.45) is -9.29. The number of halogens is 6. The van der Waals surface area contributed by atoms with Crippen LogP contribution in [0.1, 0.15) is 46.8 Å². The maximum absolute atomic E-state index is 14.1. The molecule has 2 aliphatic rings. The molecule has 4 nitrogen and oxygen atoms in total. The molecule has 0 N–H and O–H groups in total. The van der Waals surface area contributed by atoms with E-state index < -0.39 is 35.5 Å². The summed E-state index contributed by atoms with van der Waals surface area (Å²) in [5, 5.41) is 3.65. The molecular weight excluding hydrogens is 440 g/mol. The van der Waals surface area contributed by atoms with Crippen LogP contribution in [0, 0.1) is 0 Å². The van der Waals surface area contributed by atoms with Gasteiger partial charge in [-0.05, 0) is 47.7 Å². The molecule has 0 spiro atoms. The van der Waals surface area contributed by atoms with Gasteiger partial charge in [-0.1, -0.05) is 29.4 Å². The molecule has 0 saturated carbocycles. The van der Waals surface area contributed by atoms with Crippen molar-refractivity contribution in [3.05, 3.63) is 70.3 Å². The highest BCUT2D eigenvalue weighted by Gasteiger charge is 2.62. The van der Waals surface area contributed by atoms with Gasteiger partial charge in [-0.3, -0.25) is 0 Å². The van der Waals surface area contributed by atoms with Crippen molar-refractivity contribution in [1.29, 1.82) is 0 Å². The van der Waals surface area contributed by atoms with Crippen molar-refractivity contribution in [2.45, 2.75) is 43.3 Å². The topological polar surface area (TPSA) is 40.0 Å². The quantitative estimate of drug-likeness (QED) is 0.413. The predicted octanol–water partition coefficient (Wildman–Crippen LogP) is 5.90. The summed E-state index contributed by atoms with van der Waals surface area (Å²) in [6.45, 7) is 0.123. The minimum atomic E-state index is -4.99. The lowest BCUT2D eigenvalue weighted by Gasteiger charge is -2.30. The van der Waals surface area contributed by atoms with Crippen LogP contribution < -0.4 is 0 Å². The number of benzene rings is 2. The number of fused-ring (bicyclic) bond motifs is 1. The number of alkyl halides is 6.